The molecule has 1 saturated heterocycles. The minimum Gasteiger partial charge on any atom is -0.493 e. The number of aromatic nitrogens is 2. The van der Waals surface area contributed by atoms with Crippen molar-refractivity contribution in [2.24, 2.45) is 0 Å². The number of nitrogens with one attached hydrogen (secondary N) is 1. The molecule has 8 rings (SSSR count). The van der Waals surface area contributed by atoms with E-state index in [2.05, 4.69) is 4.98 Å². The molecule has 0 amide bonds. The minimum absolute atomic E-state index is 0.0618. The highest BCUT2D eigenvalue weighted by Crippen LogP contribution is 2.58. The summed E-state index contributed by atoms with van der Waals surface area (Å²) >= 11 is 0. The highest BCUT2D eigenvalue weighted by atomic mass is 16.7. The molecule has 0 radical (unpaired) electrons. The number of carbonyl (C=O) groups is 2. The van der Waals surface area contributed by atoms with E-state index >= 15 is 0 Å². The highest BCUT2D eigenvalue weighted by molar-refractivity contribution is 5.90. The number of benzene rings is 2. The molecule has 15 nitrogen and oxygen atoms in total. The molecule has 5 N–H and O–H groups in total. The van der Waals surface area contributed by atoms with E-state index in [0.717, 1.165) is 33.2 Å². The molecular weight excluding hydrogens is 656 g/mol. The normalized spacial score (nSPS) is 27.6. The molecule has 0 bridgehead atoms. The minimum atomic E-state index is -2.06. The first-order valence-electron chi connectivity index (χ1n) is 16.2. The van der Waals surface area contributed by atoms with Crippen LogP contribution in [0, 0.1) is 0 Å². The average Bonchev–Trinajstić information content (AvgIpc) is 3.77. The fourth-order valence-corrected chi connectivity index (χ4v) is 7.64. The van der Waals surface area contributed by atoms with E-state index in [9.17, 15) is 24.9 Å². The summed E-state index contributed by atoms with van der Waals surface area (Å²) in [7, 11) is 3.13. The van der Waals surface area contributed by atoms with Crippen LogP contribution in [0.5, 0.6) is 28.7 Å². The first-order valence-corrected chi connectivity index (χ1v) is 16.2. The predicted octanol–water partition coefficient (Wildman–Crippen LogP) is 2.17. The summed E-state index contributed by atoms with van der Waals surface area (Å²) in [5.74, 6) is -0.143. The fourth-order valence-electron chi connectivity index (χ4n) is 7.64. The van der Waals surface area contributed by atoms with Crippen LogP contribution < -0.4 is 23.7 Å². The molecule has 0 spiro atoms. The van der Waals surface area contributed by atoms with E-state index in [1.807, 2.05) is 41.4 Å². The van der Waals surface area contributed by atoms with Crippen LogP contribution in [-0.4, -0.2) is 99.6 Å². The van der Waals surface area contributed by atoms with Gasteiger partial charge in [-0.1, -0.05) is 6.07 Å². The maximum atomic E-state index is 11.9. The van der Waals surface area contributed by atoms with Crippen molar-refractivity contribution in [3.63, 3.8) is 0 Å². The molecule has 7 atom stereocenters. The van der Waals surface area contributed by atoms with Crippen molar-refractivity contribution in [3.8, 4) is 28.7 Å². The van der Waals surface area contributed by atoms with E-state index in [1.165, 1.54) is 0 Å². The molecule has 4 aliphatic rings. The van der Waals surface area contributed by atoms with E-state index in [0.29, 0.717) is 41.9 Å². The van der Waals surface area contributed by atoms with Gasteiger partial charge in [-0.05, 0) is 30.5 Å². The molecule has 1 fully saturated rings. The van der Waals surface area contributed by atoms with Gasteiger partial charge < -0.3 is 63.1 Å². The van der Waals surface area contributed by atoms with Gasteiger partial charge >= 0.3 is 11.9 Å². The number of rotatable bonds is 8. The lowest BCUT2D eigenvalue weighted by Gasteiger charge is -2.46. The highest BCUT2D eigenvalue weighted by Gasteiger charge is 2.57. The number of aromatic amines is 1. The first kappa shape index (κ1) is 32.3. The van der Waals surface area contributed by atoms with Crippen molar-refractivity contribution in [2.75, 3.05) is 27.4 Å². The van der Waals surface area contributed by atoms with Crippen LogP contribution in [-0.2, 0) is 32.0 Å². The second kappa shape index (κ2) is 12.1. The van der Waals surface area contributed by atoms with Crippen LogP contribution in [0.15, 0.2) is 42.9 Å². The number of fused-ring (bicyclic) bond motifs is 8. The fraction of sp³-hybridized carbons (Fsp3) is 0.429. The molecule has 6 heterocycles. The number of carboxylic acids is 1. The molecule has 50 heavy (non-hydrogen) atoms. The second-order valence-corrected chi connectivity index (χ2v) is 13.0. The Morgan fingerprint density at radius 3 is 2.70 bits per heavy atom. The third-order valence-electron chi connectivity index (χ3n) is 10.1. The van der Waals surface area contributed by atoms with E-state index in [4.69, 9.17) is 38.3 Å². The van der Waals surface area contributed by atoms with Gasteiger partial charge in [0.2, 0.25) is 12.0 Å². The maximum absolute atomic E-state index is 11.9. The Balaban J connectivity index is 1.19. The molecular formula is C35H36N2O13. The summed E-state index contributed by atoms with van der Waals surface area (Å²) in [5.41, 5.74) is 2.18. The lowest BCUT2D eigenvalue weighted by atomic mass is 9.81. The van der Waals surface area contributed by atoms with E-state index < -0.39 is 61.3 Å². The Bertz CT molecular complexity index is 1960. The summed E-state index contributed by atoms with van der Waals surface area (Å²) in [6.07, 6.45) is -1.54. The summed E-state index contributed by atoms with van der Waals surface area (Å²) in [6.45, 7) is 0.104. The van der Waals surface area contributed by atoms with Crippen molar-refractivity contribution < 1.29 is 63.2 Å². The van der Waals surface area contributed by atoms with Crippen LogP contribution in [0.3, 0.4) is 0 Å². The molecule has 264 valence electrons. The lowest BCUT2D eigenvalue weighted by molar-refractivity contribution is -0.320. The molecule has 4 aliphatic heterocycles. The zero-order chi connectivity index (χ0) is 34.9. The Hall–Kier alpha value is -4.96. The quantitative estimate of drug-likeness (QED) is 0.133. The van der Waals surface area contributed by atoms with Crippen LogP contribution in [0.1, 0.15) is 47.1 Å². The number of hydrogen-bond donors (Lipinski definition) is 5. The lowest BCUT2D eigenvalue weighted by Crippen LogP contribution is -2.67. The number of nitrogens with zero attached hydrogens (tertiary/aromatic N) is 1. The van der Waals surface area contributed by atoms with Crippen molar-refractivity contribution >= 4 is 22.8 Å². The van der Waals surface area contributed by atoms with Gasteiger partial charge in [0.05, 0.1) is 32.3 Å². The number of aliphatic hydroxyl groups is 3. The number of esters is 1. The van der Waals surface area contributed by atoms with Crippen LogP contribution in [0.2, 0.25) is 0 Å². The third-order valence-corrected chi connectivity index (χ3v) is 10.1. The maximum Gasteiger partial charge on any atom is 0.317 e. The van der Waals surface area contributed by atoms with Gasteiger partial charge in [-0.3, -0.25) is 9.59 Å². The summed E-state index contributed by atoms with van der Waals surface area (Å²) < 4.78 is 43.7. The molecule has 0 saturated carbocycles. The van der Waals surface area contributed by atoms with Crippen LogP contribution in [0.25, 0.3) is 10.9 Å². The van der Waals surface area contributed by atoms with Gasteiger partial charge in [0.25, 0.3) is 0 Å². The number of carbonyl (C=O) groups excluding carboxylic acids is 1. The van der Waals surface area contributed by atoms with Gasteiger partial charge in [-0.2, -0.15) is 0 Å². The van der Waals surface area contributed by atoms with Crippen LogP contribution >= 0.6 is 0 Å². The van der Waals surface area contributed by atoms with Gasteiger partial charge in [0.15, 0.2) is 17.1 Å². The monoisotopic (exact) mass is 692 g/mol. The number of H-pyrrole nitrogens is 1. The first-order chi connectivity index (χ1) is 24.1. The van der Waals surface area contributed by atoms with Gasteiger partial charge in [-0.25, -0.2) is 0 Å². The topological polar surface area (TPSA) is 200 Å². The number of aliphatic carboxylic acids is 1. The number of aliphatic hydroxyl groups excluding tert-OH is 2. The number of methoxy groups -OCH3 is 2. The molecule has 15 heteroatoms. The Morgan fingerprint density at radius 2 is 1.94 bits per heavy atom. The smallest absolute Gasteiger partial charge is 0.317 e. The molecule has 0 aliphatic carbocycles. The zero-order valence-electron chi connectivity index (χ0n) is 27.2. The number of ether oxygens (including phenoxy) is 7. The number of carboxylic acid groups (broad SMARTS) is 1. The Labute approximate surface area is 284 Å². The van der Waals surface area contributed by atoms with E-state index in [1.54, 1.807) is 20.3 Å². The average molecular weight is 693 g/mol. The van der Waals surface area contributed by atoms with Gasteiger partial charge in [-0.15, -0.1) is 0 Å². The standard InChI is InChI=1S/C35H36N2O13/c1-44-22-4-3-18-20-14-46-24-9-23-17(5-7-35(43)33(42)29(41)25(49-34(35)48-23)15-47-27(40)10-26(38)39)19(12-37-11-16-6-8-36-21(16)13-37)28(24)30(20)50-31(18)32(22)45-2/h3-4,6,8-9,11,13,20,25,29-30,33-34,36,41-43H,5,7,10,12,14-15H2,1-2H3,(H,38,39). The third kappa shape index (κ3) is 5.11. The summed E-state index contributed by atoms with van der Waals surface area (Å²) in [5, 5.41) is 43.9. The summed E-state index contributed by atoms with van der Waals surface area (Å²) in [4.78, 5) is 26.0. The van der Waals surface area contributed by atoms with Crippen molar-refractivity contribution in [1.29, 1.82) is 0 Å². The second-order valence-electron chi connectivity index (χ2n) is 13.0. The molecule has 7 unspecified atom stereocenters. The largest absolute Gasteiger partial charge is 0.493 e. The predicted molar refractivity (Wildman–Crippen MR) is 171 cm³/mol. The van der Waals surface area contributed by atoms with Gasteiger partial charge in [0, 0.05) is 53.3 Å². The van der Waals surface area contributed by atoms with Crippen LogP contribution in [0.4, 0.5) is 0 Å². The van der Waals surface area contributed by atoms with Crippen molar-refractivity contribution in [2.45, 2.75) is 68.0 Å². The van der Waals surface area contributed by atoms with Gasteiger partial charge in [0.1, 0.15) is 48.9 Å². The van der Waals surface area contributed by atoms with Crippen molar-refractivity contribution in [3.05, 3.63) is 65.1 Å². The summed E-state index contributed by atoms with van der Waals surface area (Å²) in [6, 6.07) is 7.50. The Kier molecular flexibility index (Phi) is 7.82. The molecule has 4 aromatic rings. The molecule has 2 aromatic heterocycles. The van der Waals surface area contributed by atoms with E-state index in [-0.39, 0.29) is 18.8 Å². The SMILES string of the molecule is COc1ccc2c(c1OC)OC1c3c(cc4c(c3Cn3cc5cc[nH]c5c3)CCC3(O)C(O4)OC(COC(=O)CC(=O)O)C(O)C3O)OCC21. The number of hydrogen-bond acceptors (Lipinski definition) is 12. The van der Waals surface area contributed by atoms with Crippen molar-refractivity contribution in [1.82, 2.24) is 9.55 Å². The Morgan fingerprint density at radius 1 is 1.10 bits per heavy atom. The molecule has 2 aromatic carbocycles. The zero-order valence-corrected chi connectivity index (χ0v) is 27.2.